The van der Waals surface area contributed by atoms with Crippen molar-refractivity contribution in [2.45, 2.75) is 24.2 Å². The first-order valence-electron chi connectivity index (χ1n) is 6.64. The molecule has 2 rings (SSSR count). The maximum Gasteiger partial charge on any atom is 0.0525 e. The van der Waals surface area contributed by atoms with Crippen molar-refractivity contribution in [3.05, 3.63) is 18.2 Å². The van der Waals surface area contributed by atoms with Crippen molar-refractivity contribution in [2.75, 3.05) is 43.2 Å². The van der Waals surface area contributed by atoms with Gasteiger partial charge in [0.05, 0.1) is 5.69 Å². The number of aliphatic hydroxyl groups is 2. The summed E-state index contributed by atoms with van der Waals surface area (Å²) in [6.07, 6.45) is 3.14. The molecule has 0 radical (unpaired) electrons. The summed E-state index contributed by atoms with van der Waals surface area (Å²) in [5.74, 6) is 1.15. The second-order valence-electron chi connectivity index (χ2n) is 4.35. The Labute approximate surface area is 119 Å². The highest BCUT2D eigenvalue weighted by Crippen LogP contribution is 2.36. The van der Waals surface area contributed by atoms with Gasteiger partial charge in [-0.25, -0.2) is 0 Å². The molecule has 0 spiro atoms. The summed E-state index contributed by atoms with van der Waals surface area (Å²) in [7, 11) is 1.00. The first-order valence-corrected chi connectivity index (χ1v) is 7.62. The Balaban J connectivity index is 0.000000861. The average Bonchev–Trinajstić information content (AvgIpc) is 2.46. The molecule has 1 aliphatic heterocycles. The van der Waals surface area contributed by atoms with Crippen molar-refractivity contribution in [3.8, 4) is 0 Å². The Bertz CT molecular complexity index is 374. The van der Waals surface area contributed by atoms with E-state index in [1.807, 2.05) is 17.8 Å². The van der Waals surface area contributed by atoms with Crippen molar-refractivity contribution >= 4 is 23.1 Å². The van der Waals surface area contributed by atoms with E-state index in [0.29, 0.717) is 6.61 Å². The van der Waals surface area contributed by atoms with Gasteiger partial charge in [-0.3, -0.25) is 0 Å². The summed E-state index contributed by atoms with van der Waals surface area (Å²) in [6, 6.07) is 6.17. The number of benzene rings is 1. The number of nitrogen functional groups attached to an aromatic ring is 1. The van der Waals surface area contributed by atoms with Crippen LogP contribution in [0.1, 0.15) is 19.3 Å². The summed E-state index contributed by atoms with van der Waals surface area (Å²) < 4.78 is 0. The van der Waals surface area contributed by atoms with Crippen LogP contribution in [0.4, 0.5) is 11.4 Å². The second-order valence-corrected chi connectivity index (χ2v) is 5.48. The average molecular weight is 284 g/mol. The molecule has 4 nitrogen and oxygen atoms in total. The van der Waals surface area contributed by atoms with E-state index in [1.54, 1.807) is 0 Å². The zero-order chi connectivity index (χ0) is 14.1. The fourth-order valence-corrected chi connectivity index (χ4v) is 3.15. The SMILES string of the molecule is CO.Nc1ccc2c(c1)N(CCCCCO)CCS2. The third kappa shape index (κ3) is 4.93. The van der Waals surface area contributed by atoms with Crippen LogP contribution in [0.5, 0.6) is 0 Å². The zero-order valence-corrected chi connectivity index (χ0v) is 12.3. The fourth-order valence-electron chi connectivity index (χ4n) is 2.11. The third-order valence-electron chi connectivity index (χ3n) is 3.03. The molecule has 108 valence electrons. The highest BCUT2D eigenvalue weighted by atomic mass is 32.2. The lowest BCUT2D eigenvalue weighted by Crippen LogP contribution is -2.30. The van der Waals surface area contributed by atoms with Gasteiger partial charge in [0.25, 0.3) is 0 Å². The molecule has 0 fully saturated rings. The number of rotatable bonds is 5. The van der Waals surface area contributed by atoms with Crippen molar-refractivity contribution < 1.29 is 10.2 Å². The summed E-state index contributed by atoms with van der Waals surface area (Å²) in [5, 5.41) is 15.8. The first kappa shape index (κ1) is 16.1. The Morgan fingerprint density at radius 1 is 1.26 bits per heavy atom. The molecule has 0 saturated heterocycles. The molecule has 0 unspecified atom stereocenters. The number of fused-ring (bicyclic) bond motifs is 1. The molecule has 1 aromatic carbocycles. The maximum atomic E-state index is 8.76. The first-order chi connectivity index (χ1) is 9.31. The van der Waals surface area contributed by atoms with Crippen LogP contribution in [0.15, 0.2) is 23.1 Å². The van der Waals surface area contributed by atoms with Gasteiger partial charge in [-0.05, 0) is 37.5 Å². The van der Waals surface area contributed by atoms with Gasteiger partial charge in [-0.1, -0.05) is 0 Å². The molecule has 0 bridgehead atoms. The third-order valence-corrected chi connectivity index (χ3v) is 4.07. The Morgan fingerprint density at radius 3 is 2.79 bits per heavy atom. The minimum Gasteiger partial charge on any atom is -0.400 e. The number of aliphatic hydroxyl groups excluding tert-OH is 2. The Kier molecular flexibility index (Phi) is 7.70. The highest BCUT2D eigenvalue weighted by molar-refractivity contribution is 7.99. The van der Waals surface area contributed by atoms with E-state index in [2.05, 4.69) is 17.0 Å². The predicted molar refractivity (Wildman–Crippen MR) is 82.9 cm³/mol. The Hall–Kier alpha value is -0.910. The smallest absolute Gasteiger partial charge is 0.0525 e. The van der Waals surface area contributed by atoms with Gasteiger partial charge in [0.15, 0.2) is 0 Å². The molecule has 4 N–H and O–H groups in total. The summed E-state index contributed by atoms with van der Waals surface area (Å²) in [5.41, 5.74) is 7.97. The van der Waals surface area contributed by atoms with Crippen LogP contribution in [-0.4, -0.2) is 42.8 Å². The molecule has 0 aliphatic carbocycles. The normalized spacial score (nSPS) is 13.5. The van der Waals surface area contributed by atoms with Crippen molar-refractivity contribution in [2.24, 2.45) is 0 Å². The van der Waals surface area contributed by atoms with E-state index in [1.165, 1.54) is 10.6 Å². The lowest BCUT2D eigenvalue weighted by Gasteiger charge is -2.31. The molecule has 0 atom stereocenters. The number of nitrogens with two attached hydrogens (primary N) is 1. The van der Waals surface area contributed by atoms with E-state index < -0.39 is 0 Å². The van der Waals surface area contributed by atoms with E-state index >= 15 is 0 Å². The van der Waals surface area contributed by atoms with Crippen LogP contribution in [-0.2, 0) is 0 Å². The largest absolute Gasteiger partial charge is 0.400 e. The monoisotopic (exact) mass is 284 g/mol. The van der Waals surface area contributed by atoms with Crippen molar-refractivity contribution in [1.29, 1.82) is 0 Å². The molecular weight excluding hydrogens is 260 g/mol. The van der Waals surface area contributed by atoms with E-state index in [-0.39, 0.29) is 0 Å². The van der Waals surface area contributed by atoms with Gasteiger partial charge in [0.1, 0.15) is 0 Å². The van der Waals surface area contributed by atoms with Crippen LogP contribution in [0.3, 0.4) is 0 Å². The fraction of sp³-hybridized carbons (Fsp3) is 0.571. The van der Waals surface area contributed by atoms with Gasteiger partial charge in [0.2, 0.25) is 0 Å². The molecule has 1 heterocycles. The predicted octanol–water partition coefficient (Wildman–Crippen LogP) is 1.95. The number of thioether (sulfide) groups is 1. The van der Waals surface area contributed by atoms with Gasteiger partial charge in [-0.15, -0.1) is 11.8 Å². The number of hydrogen-bond acceptors (Lipinski definition) is 5. The van der Waals surface area contributed by atoms with E-state index in [9.17, 15) is 0 Å². The molecule has 5 heteroatoms. The molecule has 0 amide bonds. The minimum absolute atomic E-state index is 0.305. The summed E-state index contributed by atoms with van der Waals surface area (Å²) >= 11 is 1.91. The van der Waals surface area contributed by atoms with Gasteiger partial charge in [-0.2, -0.15) is 0 Å². The summed E-state index contributed by atoms with van der Waals surface area (Å²) in [4.78, 5) is 3.76. The van der Waals surface area contributed by atoms with Crippen LogP contribution in [0, 0.1) is 0 Å². The standard InChI is InChI=1S/C13H20N2OS.CH4O/c14-11-4-5-13-12(10-11)15(7-9-17-13)6-2-1-3-8-16;1-2/h4-5,10,16H,1-3,6-9,14H2;2H,1H3. The molecule has 0 aromatic heterocycles. The number of anilines is 2. The van der Waals surface area contributed by atoms with Crippen LogP contribution in [0.25, 0.3) is 0 Å². The highest BCUT2D eigenvalue weighted by Gasteiger charge is 2.16. The van der Waals surface area contributed by atoms with E-state index in [0.717, 1.165) is 50.9 Å². The summed E-state index contributed by atoms with van der Waals surface area (Å²) in [6.45, 7) is 2.47. The quantitative estimate of drug-likeness (QED) is 0.569. The molecule has 19 heavy (non-hydrogen) atoms. The van der Waals surface area contributed by atoms with Crippen LogP contribution < -0.4 is 10.6 Å². The lowest BCUT2D eigenvalue weighted by molar-refractivity contribution is 0.283. The number of nitrogens with zero attached hydrogens (tertiary/aromatic N) is 1. The number of unbranched alkanes of at least 4 members (excludes halogenated alkanes) is 2. The van der Waals surface area contributed by atoms with Gasteiger partial charge in [0, 0.05) is 43.1 Å². The van der Waals surface area contributed by atoms with Crippen LogP contribution in [0.2, 0.25) is 0 Å². The number of hydrogen-bond donors (Lipinski definition) is 3. The zero-order valence-electron chi connectivity index (χ0n) is 11.5. The Morgan fingerprint density at radius 2 is 2.05 bits per heavy atom. The maximum absolute atomic E-state index is 8.76. The minimum atomic E-state index is 0.305. The second kappa shape index (κ2) is 9.07. The van der Waals surface area contributed by atoms with E-state index in [4.69, 9.17) is 15.9 Å². The lowest BCUT2D eigenvalue weighted by atomic mass is 10.2. The van der Waals surface area contributed by atoms with Gasteiger partial charge >= 0.3 is 0 Å². The topological polar surface area (TPSA) is 69.7 Å². The molecule has 1 aromatic rings. The van der Waals surface area contributed by atoms with Crippen LogP contribution >= 0.6 is 11.8 Å². The van der Waals surface area contributed by atoms with Gasteiger partial charge < -0.3 is 20.8 Å². The molecule has 1 aliphatic rings. The van der Waals surface area contributed by atoms with Crippen molar-refractivity contribution in [1.82, 2.24) is 0 Å². The molecular formula is C14H24N2O2S. The molecule has 0 saturated carbocycles. The van der Waals surface area contributed by atoms with Crippen molar-refractivity contribution in [3.63, 3.8) is 0 Å².